The molecule has 0 aromatic heterocycles. The first-order chi connectivity index (χ1) is 10.1. The van der Waals surface area contributed by atoms with E-state index in [2.05, 4.69) is 0 Å². The number of carboxylic acid groups (broad SMARTS) is 1. The minimum atomic E-state index is -1.24. The highest BCUT2D eigenvalue weighted by Crippen LogP contribution is 2.37. The number of rotatable bonds is 3. The number of benzene rings is 2. The quantitative estimate of drug-likeness (QED) is 0.909. The van der Waals surface area contributed by atoms with Gasteiger partial charge in [0.25, 0.3) is 0 Å². The molecule has 0 spiro atoms. The average Bonchev–Trinajstić information content (AvgIpc) is 2.48. The number of aromatic hydroxyl groups is 1. The maximum atomic E-state index is 11.8. The van der Waals surface area contributed by atoms with Crippen LogP contribution in [0.1, 0.15) is 17.5 Å². The summed E-state index contributed by atoms with van der Waals surface area (Å²) in [4.78, 5) is 11.8. The van der Waals surface area contributed by atoms with Gasteiger partial charge in [-0.2, -0.15) is 0 Å². The second kappa shape index (κ2) is 5.13. The van der Waals surface area contributed by atoms with Crippen molar-refractivity contribution in [3.8, 4) is 11.5 Å². The fourth-order valence-corrected chi connectivity index (χ4v) is 2.74. The molecule has 0 bridgehead atoms. The lowest BCUT2D eigenvalue weighted by atomic mass is 9.85. The van der Waals surface area contributed by atoms with Crippen LogP contribution in [0.3, 0.4) is 0 Å². The number of aryl methyl sites for hydroxylation is 1. The molecule has 1 aliphatic heterocycles. The van der Waals surface area contributed by atoms with Crippen molar-refractivity contribution >= 4 is 5.97 Å². The minimum absolute atomic E-state index is 0.170. The van der Waals surface area contributed by atoms with E-state index < -0.39 is 11.6 Å². The maximum absolute atomic E-state index is 11.8. The monoisotopic (exact) mass is 284 g/mol. The van der Waals surface area contributed by atoms with Crippen LogP contribution in [-0.2, 0) is 17.6 Å². The van der Waals surface area contributed by atoms with Crippen LogP contribution in [0, 0.1) is 0 Å². The lowest BCUT2D eigenvalue weighted by Gasteiger charge is -2.35. The number of carboxylic acids is 1. The van der Waals surface area contributed by atoms with Gasteiger partial charge in [0.05, 0.1) is 0 Å². The molecule has 1 atom stereocenters. The first kappa shape index (κ1) is 13.5. The summed E-state index contributed by atoms with van der Waals surface area (Å²) in [6.45, 7) is 0. The molecule has 2 N–H and O–H groups in total. The van der Waals surface area contributed by atoms with E-state index in [0.29, 0.717) is 25.0 Å². The third-order valence-electron chi connectivity index (χ3n) is 3.87. The Morgan fingerprint density at radius 3 is 2.67 bits per heavy atom. The van der Waals surface area contributed by atoms with E-state index in [9.17, 15) is 15.0 Å². The summed E-state index contributed by atoms with van der Waals surface area (Å²) in [5, 5.41) is 19.1. The van der Waals surface area contributed by atoms with Crippen molar-refractivity contribution in [2.24, 2.45) is 0 Å². The predicted octanol–water partition coefficient (Wildman–Crippen LogP) is 2.78. The second-order valence-corrected chi connectivity index (χ2v) is 5.36. The smallest absolute Gasteiger partial charge is 0.348 e. The fraction of sp³-hybridized carbons (Fsp3) is 0.235. The van der Waals surface area contributed by atoms with Crippen LogP contribution in [0.15, 0.2) is 48.5 Å². The first-order valence-corrected chi connectivity index (χ1v) is 6.87. The molecule has 1 aliphatic rings. The molecule has 0 fully saturated rings. The molecule has 0 saturated heterocycles. The molecule has 0 radical (unpaired) electrons. The van der Waals surface area contributed by atoms with E-state index >= 15 is 0 Å². The number of fused-ring (bicyclic) bond motifs is 1. The predicted molar refractivity (Wildman–Crippen MR) is 77.6 cm³/mol. The zero-order valence-electron chi connectivity index (χ0n) is 11.5. The standard InChI is InChI=1S/C17H16O4/c18-14-6-7-15-13(10-14)8-9-17(21-15,16(19)20)11-12-4-2-1-3-5-12/h1-7,10,18H,8-9,11H2,(H,19,20). The normalized spacial score (nSPS) is 20.4. The molecule has 0 saturated carbocycles. The molecule has 4 nitrogen and oxygen atoms in total. The van der Waals surface area contributed by atoms with Crippen LogP contribution in [0.5, 0.6) is 11.5 Å². The van der Waals surface area contributed by atoms with E-state index in [1.54, 1.807) is 12.1 Å². The molecule has 1 heterocycles. The van der Waals surface area contributed by atoms with Crippen LogP contribution in [0.25, 0.3) is 0 Å². The van der Waals surface area contributed by atoms with Crippen molar-refractivity contribution in [2.75, 3.05) is 0 Å². The van der Waals surface area contributed by atoms with Gasteiger partial charge in [0.15, 0.2) is 0 Å². The van der Waals surface area contributed by atoms with Crippen LogP contribution < -0.4 is 4.74 Å². The molecule has 0 amide bonds. The third kappa shape index (κ3) is 2.57. The molecular weight excluding hydrogens is 268 g/mol. The molecule has 1 unspecified atom stereocenters. The van der Waals surface area contributed by atoms with Crippen molar-refractivity contribution in [1.82, 2.24) is 0 Å². The highest BCUT2D eigenvalue weighted by molar-refractivity contribution is 5.79. The highest BCUT2D eigenvalue weighted by Gasteiger charge is 2.44. The van der Waals surface area contributed by atoms with E-state index in [1.165, 1.54) is 6.07 Å². The fourth-order valence-electron chi connectivity index (χ4n) is 2.74. The lowest BCUT2D eigenvalue weighted by Crippen LogP contribution is -2.49. The second-order valence-electron chi connectivity index (χ2n) is 5.36. The minimum Gasteiger partial charge on any atom is -0.508 e. The van der Waals surface area contributed by atoms with Crippen LogP contribution in [0.2, 0.25) is 0 Å². The molecular formula is C17H16O4. The van der Waals surface area contributed by atoms with Crippen molar-refractivity contribution < 1.29 is 19.7 Å². The Morgan fingerprint density at radius 2 is 1.95 bits per heavy atom. The number of ether oxygens (including phenoxy) is 1. The SMILES string of the molecule is O=C(O)C1(Cc2ccccc2)CCc2cc(O)ccc2O1. The van der Waals surface area contributed by atoms with Crippen LogP contribution in [-0.4, -0.2) is 21.8 Å². The van der Waals surface area contributed by atoms with Gasteiger partial charge in [-0.3, -0.25) is 0 Å². The van der Waals surface area contributed by atoms with Gasteiger partial charge in [-0.25, -0.2) is 4.79 Å². The number of hydrogen-bond donors (Lipinski definition) is 2. The maximum Gasteiger partial charge on any atom is 0.348 e. The molecule has 4 heteroatoms. The van der Waals surface area contributed by atoms with Gasteiger partial charge < -0.3 is 14.9 Å². The lowest BCUT2D eigenvalue weighted by molar-refractivity contribution is -0.156. The number of hydrogen-bond acceptors (Lipinski definition) is 3. The summed E-state index contributed by atoms with van der Waals surface area (Å²) in [7, 11) is 0. The average molecular weight is 284 g/mol. The van der Waals surface area contributed by atoms with E-state index in [1.807, 2.05) is 30.3 Å². The number of phenolic OH excluding ortho intramolecular Hbond substituents is 1. The van der Waals surface area contributed by atoms with Crippen molar-refractivity contribution in [3.05, 3.63) is 59.7 Å². The van der Waals surface area contributed by atoms with E-state index in [-0.39, 0.29) is 5.75 Å². The van der Waals surface area contributed by atoms with Crippen molar-refractivity contribution in [2.45, 2.75) is 24.9 Å². The Balaban J connectivity index is 1.93. The zero-order chi connectivity index (χ0) is 14.9. The molecule has 2 aromatic carbocycles. The van der Waals surface area contributed by atoms with Gasteiger partial charge in [-0.05, 0) is 35.7 Å². The molecule has 0 aliphatic carbocycles. The molecule has 2 aromatic rings. The largest absolute Gasteiger partial charge is 0.508 e. The first-order valence-electron chi connectivity index (χ1n) is 6.87. The van der Waals surface area contributed by atoms with Gasteiger partial charge in [-0.15, -0.1) is 0 Å². The van der Waals surface area contributed by atoms with Crippen molar-refractivity contribution in [3.63, 3.8) is 0 Å². The number of aliphatic carboxylic acids is 1. The summed E-state index contributed by atoms with van der Waals surface area (Å²) in [5.41, 5.74) is 0.535. The van der Waals surface area contributed by atoms with Gasteiger partial charge in [-0.1, -0.05) is 30.3 Å². The molecule has 21 heavy (non-hydrogen) atoms. The van der Waals surface area contributed by atoms with E-state index in [4.69, 9.17) is 4.74 Å². The molecule has 108 valence electrons. The Bertz CT molecular complexity index is 666. The number of carbonyl (C=O) groups is 1. The Morgan fingerprint density at radius 1 is 1.19 bits per heavy atom. The summed E-state index contributed by atoms with van der Waals surface area (Å²) in [6.07, 6.45) is 1.28. The Kier molecular flexibility index (Phi) is 3.29. The van der Waals surface area contributed by atoms with Gasteiger partial charge >= 0.3 is 5.97 Å². The van der Waals surface area contributed by atoms with Crippen molar-refractivity contribution in [1.29, 1.82) is 0 Å². The Labute approximate surface area is 122 Å². The summed E-state index contributed by atoms with van der Waals surface area (Å²) in [6, 6.07) is 14.3. The topological polar surface area (TPSA) is 66.8 Å². The highest BCUT2D eigenvalue weighted by atomic mass is 16.5. The summed E-state index contributed by atoms with van der Waals surface area (Å²) in [5.74, 6) is -0.245. The number of phenols is 1. The van der Waals surface area contributed by atoms with Crippen LogP contribution >= 0.6 is 0 Å². The summed E-state index contributed by atoms with van der Waals surface area (Å²) < 4.78 is 5.83. The van der Waals surface area contributed by atoms with E-state index in [0.717, 1.165) is 11.1 Å². The third-order valence-corrected chi connectivity index (χ3v) is 3.87. The molecule has 3 rings (SSSR count). The van der Waals surface area contributed by atoms with Gasteiger partial charge in [0.1, 0.15) is 11.5 Å². The van der Waals surface area contributed by atoms with Crippen LogP contribution in [0.4, 0.5) is 0 Å². The van der Waals surface area contributed by atoms with Gasteiger partial charge in [0.2, 0.25) is 5.60 Å². The summed E-state index contributed by atoms with van der Waals surface area (Å²) >= 11 is 0. The Hall–Kier alpha value is -2.49. The zero-order valence-corrected chi connectivity index (χ0v) is 11.5. The van der Waals surface area contributed by atoms with Gasteiger partial charge in [0, 0.05) is 12.8 Å².